The zero-order chi connectivity index (χ0) is 19.0. The lowest BCUT2D eigenvalue weighted by atomic mass is 10.2. The minimum Gasteiger partial charge on any atom is -0.497 e. The van der Waals surface area contributed by atoms with E-state index in [2.05, 4.69) is 4.72 Å². The van der Waals surface area contributed by atoms with Gasteiger partial charge in [0, 0.05) is 18.2 Å². The van der Waals surface area contributed by atoms with Crippen LogP contribution in [0.5, 0.6) is 5.75 Å². The minimum absolute atomic E-state index is 0.0699. The SMILES string of the molecule is CC(=O)O.COc1ccc(S(=O)(=O)Nc2ccc(C(=N)N)cc2)cc1. The molecule has 25 heavy (non-hydrogen) atoms. The van der Waals surface area contributed by atoms with Crippen molar-refractivity contribution in [2.45, 2.75) is 11.8 Å². The highest BCUT2D eigenvalue weighted by Crippen LogP contribution is 2.19. The number of amidine groups is 1. The normalized spacial score (nSPS) is 10.2. The molecule has 2 aromatic rings. The van der Waals surface area contributed by atoms with Crippen LogP contribution in [-0.4, -0.2) is 32.4 Å². The molecule has 0 spiro atoms. The van der Waals surface area contributed by atoms with Crippen LogP contribution < -0.4 is 15.2 Å². The molecule has 2 rings (SSSR count). The lowest BCUT2D eigenvalue weighted by Gasteiger charge is -2.09. The van der Waals surface area contributed by atoms with E-state index in [4.69, 9.17) is 25.8 Å². The third-order valence-corrected chi connectivity index (χ3v) is 4.22. The first-order valence-electron chi connectivity index (χ1n) is 6.96. The maximum Gasteiger partial charge on any atom is 0.300 e. The Bertz CT molecular complexity index is 827. The number of nitrogens with one attached hydrogen (secondary N) is 2. The molecule has 0 unspecified atom stereocenters. The molecule has 0 bridgehead atoms. The summed E-state index contributed by atoms with van der Waals surface area (Å²) < 4.78 is 31.8. The van der Waals surface area contributed by atoms with Gasteiger partial charge in [0.15, 0.2) is 0 Å². The van der Waals surface area contributed by atoms with Crippen LogP contribution in [0.4, 0.5) is 5.69 Å². The molecular formula is C16H19N3O5S. The number of nitrogens with two attached hydrogens (primary N) is 1. The van der Waals surface area contributed by atoms with Gasteiger partial charge in [0.1, 0.15) is 11.6 Å². The summed E-state index contributed by atoms with van der Waals surface area (Å²) >= 11 is 0. The largest absolute Gasteiger partial charge is 0.497 e. The lowest BCUT2D eigenvalue weighted by Crippen LogP contribution is -2.14. The molecule has 0 amide bonds. The van der Waals surface area contributed by atoms with Crippen LogP contribution in [0.25, 0.3) is 0 Å². The summed E-state index contributed by atoms with van der Waals surface area (Å²) in [6.45, 7) is 1.08. The number of rotatable bonds is 5. The van der Waals surface area contributed by atoms with Gasteiger partial charge in [-0.25, -0.2) is 8.42 Å². The second-order valence-electron chi connectivity index (χ2n) is 4.79. The number of hydrogen-bond acceptors (Lipinski definition) is 5. The van der Waals surface area contributed by atoms with E-state index in [1.54, 1.807) is 36.4 Å². The Hall–Kier alpha value is -3.07. The van der Waals surface area contributed by atoms with E-state index in [0.29, 0.717) is 17.0 Å². The van der Waals surface area contributed by atoms with Crippen LogP contribution in [0, 0.1) is 5.41 Å². The fourth-order valence-electron chi connectivity index (χ4n) is 1.69. The highest BCUT2D eigenvalue weighted by Gasteiger charge is 2.14. The van der Waals surface area contributed by atoms with Crippen LogP contribution in [0.3, 0.4) is 0 Å². The first-order valence-corrected chi connectivity index (χ1v) is 8.45. The Labute approximate surface area is 145 Å². The molecule has 0 saturated carbocycles. The standard InChI is InChI=1S/C14H15N3O3S.C2H4O2/c1-20-12-6-8-13(9-7-12)21(18,19)17-11-4-2-10(3-5-11)14(15)16;1-2(3)4/h2-9,17H,1H3,(H3,15,16);1H3,(H,3,4). The molecule has 5 N–H and O–H groups in total. The average molecular weight is 365 g/mol. The number of hydrogen-bond donors (Lipinski definition) is 4. The van der Waals surface area contributed by atoms with E-state index in [0.717, 1.165) is 6.92 Å². The van der Waals surface area contributed by atoms with Gasteiger partial charge in [0.05, 0.1) is 12.0 Å². The van der Waals surface area contributed by atoms with E-state index in [9.17, 15) is 8.42 Å². The Morgan fingerprint density at radius 2 is 1.60 bits per heavy atom. The smallest absolute Gasteiger partial charge is 0.300 e. The number of carbonyl (C=O) groups is 1. The number of carboxylic acids is 1. The number of anilines is 1. The summed E-state index contributed by atoms with van der Waals surface area (Å²) in [5, 5.41) is 14.7. The molecule has 0 fully saturated rings. The van der Waals surface area contributed by atoms with Crippen LogP contribution in [0.1, 0.15) is 12.5 Å². The van der Waals surface area contributed by atoms with Crippen molar-refractivity contribution in [3.05, 3.63) is 54.1 Å². The molecular weight excluding hydrogens is 346 g/mol. The Morgan fingerprint density at radius 3 is 2.00 bits per heavy atom. The van der Waals surface area contributed by atoms with E-state index in [1.807, 2.05) is 0 Å². The molecule has 0 aromatic heterocycles. The first kappa shape index (κ1) is 20.0. The number of benzene rings is 2. The fraction of sp³-hybridized carbons (Fsp3) is 0.125. The second-order valence-corrected chi connectivity index (χ2v) is 6.47. The monoisotopic (exact) mass is 365 g/mol. The predicted octanol–water partition coefficient (Wildman–Crippen LogP) is 1.87. The molecule has 0 aliphatic rings. The Morgan fingerprint density at radius 1 is 1.12 bits per heavy atom. The zero-order valence-electron chi connectivity index (χ0n) is 13.7. The van der Waals surface area contributed by atoms with E-state index < -0.39 is 16.0 Å². The number of sulfonamides is 1. The topological polar surface area (TPSA) is 143 Å². The van der Waals surface area contributed by atoms with Crippen molar-refractivity contribution in [2.24, 2.45) is 5.73 Å². The van der Waals surface area contributed by atoms with Gasteiger partial charge in [0.25, 0.3) is 16.0 Å². The third kappa shape index (κ3) is 6.51. The number of carboxylic acid groups (broad SMARTS) is 1. The molecule has 134 valence electrons. The molecule has 9 heteroatoms. The van der Waals surface area contributed by atoms with Crippen molar-refractivity contribution in [2.75, 3.05) is 11.8 Å². The number of aliphatic carboxylic acids is 1. The van der Waals surface area contributed by atoms with Gasteiger partial charge in [-0.05, 0) is 48.5 Å². The van der Waals surface area contributed by atoms with Gasteiger partial charge in [-0.2, -0.15) is 0 Å². The van der Waals surface area contributed by atoms with Crippen molar-refractivity contribution in [3.63, 3.8) is 0 Å². The summed E-state index contributed by atoms with van der Waals surface area (Å²) in [6.07, 6.45) is 0. The summed E-state index contributed by atoms with van der Waals surface area (Å²) in [6, 6.07) is 12.3. The van der Waals surface area contributed by atoms with E-state index in [-0.39, 0.29) is 10.7 Å². The van der Waals surface area contributed by atoms with Gasteiger partial charge >= 0.3 is 0 Å². The van der Waals surface area contributed by atoms with Crippen molar-refractivity contribution >= 4 is 27.5 Å². The van der Waals surface area contributed by atoms with E-state index >= 15 is 0 Å². The second kappa shape index (κ2) is 8.69. The molecule has 0 aliphatic carbocycles. The summed E-state index contributed by atoms with van der Waals surface area (Å²) in [4.78, 5) is 9.14. The summed E-state index contributed by atoms with van der Waals surface area (Å²) in [5.74, 6) is -0.320. The van der Waals surface area contributed by atoms with Gasteiger partial charge in [-0.3, -0.25) is 14.9 Å². The van der Waals surface area contributed by atoms with Gasteiger partial charge in [-0.15, -0.1) is 0 Å². The maximum atomic E-state index is 12.2. The molecule has 0 aliphatic heterocycles. The van der Waals surface area contributed by atoms with Crippen LogP contribution in [0.15, 0.2) is 53.4 Å². The molecule has 8 nitrogen and oxygen atoms in total. The molecule has 2 aromatic carbocycles. The molecule has 0 atom stereocenters. The quantitative estimate of drug-likeness (QED) is 0.470. The minimum atomic E-state index is -3.66. The van der Waals surface area contributed by atoms with Crippen LogP contribution in [-0.2, 0) is 14.8 Å². The van der Waals surface area contributed by atoms with Crippen molar-refractivity contribution in [1.29, 1.82) is 5.41 Å². The number of nitrogen functional groups attached to an aromatic ring is 1. The van der Waals surface area contributed by atoms with Gasteiger partial charge in [0.2, 0.25) is 0 Å². The van der Waals surface area contributed by atoms with Crippen molar-refractivity contribution in [1.82, 2.24) is 0 Å². The molecule has 0 heterocycles. The lowest BCUT2D eigenvalue weighted by molar-refractivity contribution is -0.134. The van der Waals surface area contributed by atoms with Crippen molar-refractivity contribution < 1.29 is 23.1 Å². The highest BCUT2D eigenvalue weighted by atomic mass is 32.2. The highest BCUT2D eigenvalue weighted by molar-refractivity contribution is 7.92. The summed E-state index contributed by atoms with van der Waals surface area (Å²) in [7, 11) is -2.15. The third-order valence-electron chi connectivity index (χ3n) is 2.82. The Kier molecular flexibility index (Phi) is 6.94. The average Bonchev–Trinajstić information content (AvgIpc) is 2.54. The zero-order valence-corrected chi connectivity index (χ0v) is 14.5. The summed E-state index contributed by atoms with van der Waals surface area (Å²) in [5.41, 5.74) is 6.27. The first-order chi connectivity index (χ1) is 11.7. The van der Waals surface area contributed by atoms with Gasteiger partial charge in [-0.1, -0.05) is 0 Å². The molecule has 0 radical (unpaired) electrons. The fourth-order valence-corrected chi connectivity index (χ4v) is 2.75. The van der Waals surface area contributed by atoms with E-state index in [1.165, 1.54) is 19.2 Å². The van der Waals surface area contributed by atoms with Crippen LogP contribution in [0.2, 0.25) is 0 Å². The Balaban J connectivity index is 0.000000705. The van der Waals surface area contributed by atoms with Crippen LogP contribution >= 0.6 is 0 Å². The van der Waals surface area contributed by atoms with Gasteiger partial charge < -0.3 is 15.6 Å². The number of ether oxygens (including phenoxy) is 1. The predicted molar refractivity (Wildman–Crippen MR) is 94.6 cm³/mol. The maximum absolute atomic E-state index is 12.2. The van der Waals surface area contributed by atoms with Crippen molar-refractivity contribution in [3.8, 4) is 5.75 Å². The molecule has 0 saturated heterocycles. The number of methoxy groups -OCH3 is 1.